The Balaban J connectivity index is 1.17. The van der Waals surface area contributed by atoms with E-state index in [1.807, 2.05) is 58.9 Å². The number of hydrogen-bond donors (Lipinski definition) is 1. The van der Waals surface area contributed by atoms with E-state index >= 15 is 0 Å². The Morgan fingerprint density at radius 3 is 2.32 bits per heavy atom. The number of amides is 2. The van der Waals surface area contributed by atoms with Gasteiger partial charge >= 0.3 is 12.3 Å². The maximum absolute atomic E-state index is 13.6. The summed E-state index contributed by atoms with van der Waals surface area (Å²) in [6.45, 7) is 11.3. The highest BCUT2D eigenvalue weighted by atomic mass is 35.5. The Labute approximate surface area is 292 Å². The number of carbonyl (C=O) groups is 2. The highest BCUT2D eigenvalue weighted by molar-refractivity contribution is 6.31. The van der Waals surface area contributed by atoms with Crippen molar-refractivity contribution >= 4 is 34.6 Å². The van der Waals surface area contributed by atoms with Crippen molar-refractivity contribution in [1.29, 1.82) is 0 Å². The average Bonchev–Trinajstić information content (AvgIpc) is 3.62. The van der Waals surface area contributed by atoms with E-state index in [1.165, 1.54) is 28.8 Å². The van der Waals surface area contributed by atoms with E-state index < -0.39 is 57.9 Å². The number of rotatable bonds is 5. The molecule has 3 aromatic rings. The molecule has 1 saturated carbocycles. The lowest BCUT2D eigenvalue weighted by Crippen LogP contribution is -2.53. The fourth-order valence-electron chi connectivity index (χ4n) is 7.08. The Bertz CT molecular complexity index is 1860. The van der Waals surface area contributed by atoms with Gasteiger partial charge in [0.2, 0.25) is 5.91 Å². The zero-order valence-electron chi connectivity index (χ0n) is 29.0. The monoisotopic (exact) mass is 721 g/mol. The van der Waals surface area contributed by atoms with Crippen molar-refractivity contribution in [3.63, 3.8) is 0 Å². The van der Waals surface area contributed by atoms with Crippen LogP contribution in [0.1, 0.15) is 72.4 Å². The summed E-state index contributed by atoms with van der Waals surface area (Å²) in [4.78, 5) is 47.3. The second kappa shape index (κ2) is 12.3. The fourth-order valence-corrected chi connectivity index (χ4v) is 7.37. The number of benzene rings is 1. The minimum atomic E-state index is -4.42. The van der Waals surface area contributed by atoms with Crippen LogP contribution in [0.4, 0.5) is 18.0 Å². The van der Waals surface area contributed by atoms with Crippen molar-refractivity contribution < 1.29 is 37.3 Å². The van der Waals surface area contributed by atoms with Crippen LogP contribution in [0.25, 0.3) is 16.7 Å². The summed E-state index contributed by atoms with van der Waals surface area (Å²) < 4.78 is 54.3. The Hall–Kier alpha value is -3.62. The summed E-state index contributed by atoms with van der Waals surface area (Å²) >= 11 is 6.65. The number of aliphatic hydroxyl groups is 1. The van der Waals surface area contributed by atoms with E-state index in [9.17, 15) is 32.7 Å². The van der Waals surface area contributed by atoms with Crippen molar-refractivity contribution in [3.05, 3.63) is 57.7 Å². The summed E-state index contributed by atoms with van der Waals surface area (Å²) in [5.41, 5.74) is -2.70. The summed E-state index contributed by atoms with van der Waals surface area (Å²) in [7, 11) is 0. The lowest BCUT2D eigenvalue weighted by Gasteiger charge is -2.44. The molecule has 3 fully saturated rings. The number of ether oxygens (including phenoxy) is 2. The van der Waals surface area contributed by atoms with Crippen molar-refractivity contribution in [2.75, 3.05) is 26.2 Å². The second-order valence-corrected chi connectivity index (χ2v) is 16.1. The molecule has 3 aliphatic rings. The zero-order valence-corrected chi connectivity index (χ0v) is 29.8. The van der Waals surface area contributed by atoms with Crippen LogP contribution in [0, 0.1) is 11.3 Å². The van der Waals surface area contributed by atoms with Crippen LogP contribution in [-0.2, 0) is 20.8 Å². The smallest absolute Gasteiger partial charge is 0.410 e. The van der Waals surface area contributed by atoms with E-state index in [4.69, 9.17) is 21.1 Å². The topological polar surface area (TPSA) is 119 Å². The van der Waals surface area contributed by atoms with Gasteiger partial charge in [0, 0.05) is 18.8 Å². The predicted octanol–water partition coefficient (Wildman–Crippen LogP) is 5.87. The molecule has 2 saturated heterocycles. The van der Waals surface area contributed by atoms with Gasteiger partial charge in [0.15, 0.2) is 5.65 Å². The van der Waals surface area contributed by atoms with Gasteiger partial charge in [0.05, 0.1) is 53.7 Å². The highest BCUT2D eigenvalue weighted by Gasteiger charge is 2.68. The minimum absolute atomic E-state index is 0.0817. The Kier molecular flexibility index (Phi) is 8.87. The Morgan fingerprint density at radius 1 is 1.10 bits per heavy atom. The van der Waals surface area contributed by atoms with Crippen molar-refractivity contribution in [2.45, 2.75) is 96.4 Å². The molecule has 1 N–H and O–H groups in total. The van der Waals surface area contributed by atoms with Gasteiger partial charge < -0.3 is 19.5 Å². The number of piperidine rings is 1. The van der Waals surface area contributed by atoms with Crippen LogP contribution in [0.5, 0.6) is 0 Å². The van der Waals surface area contributed by atoms with Gasteiger partial charge in [0.25, 0.3) is 5.56 Å². The van der Waals surface area contributed by atoms with Gasteiger partial charge in [-0.1, -0.05) is 30.7 Å². The zero-order chi connectivity index (χ0) is 36.6. The number of fused-ring (bicyclic) bond motifs is 1. The lowest BCUT2D eigenvalue weighted by molar-refractivity contribution is -0.165. The number of likely N-dealkylation sites (tertiary alicyclic amines) is 1. The fraction of sp³-hybridized carbons (Fsp3) is 0.600. The molecule has 2 aromatic heterocycles. The average molecular weight is 722 g/mol. The molecule has 0 bridgehead atoms. The SMILES string of the molecule is CC(C)(C)OC(=O)N1CC(C)(C)OC[C@@H]1c1ccc(-n2c(Cl)cc3c(=O)n(CC4(O)CCN(C(=O)[C@@]5(C)C[C@@H]5C(F)(F)F)CC4)cnc32)cc1. The first-order valence-electron chi connectivity index (χ1n) is 16.7. The molecule has 50 heavy (non-hydrogen) atoms. The van der Waals surface area contributed by atoms with Crippen molar-refractivity contribution in [2.24, 2.45) is 11.3 Å². The highest BCUT2D eigenvalue weighted by Crippen LogP contribution is 2.61. The first-order chi connectivity index (χ1) is 23.1. The molecule has 4 heterocycles. The van der Waals surface area contributed by atoms with Gasteiger partial charge in [-0.15, -0.1) is 0 Å². The molecule has 272 valence electrons. The number of aromatic nitrogens is 3. The van der Waals surface area contributed by atoms with Crippen LogP contribution < -0.4 is 5.56 Å². The first-order valence-corrected chi connectivity index (χ1v) is 17.1. The lowest BCUT2D eigenvalue weighted by atomic mass is 9.90. The number of hydrogen-bond acceptors (Lipinski definition) is 7. The van der Waals surface area contributed by atoms with E-state index in [2.05, 4.69) is 4.98 Å². The van der Waals surface area contributed by atoms with Crippen molar-refractivity contribution in [1.82, 2.24) is 23.9 Å². The summed E-state index contributed by atoms with van der Waals surface area (Å²) in [5, 5.41) is 11.8. The number of nitrogens with zero attached hydrogens (tertiary/aromatic N) is 5. The third kappa shape index (κ3) is 6.98. The van der Waals surface area contributed by atoms with E-state index in [0.717, 1.165) is 5.56 Å². The molecule has 1 aromatic carbocycles. The molecule has 0 radical (unpaired) electrons. The second-order valence-electron chi connectivity index (χ2n) is 15.7. The van der Waals surface area contributed by atoms with E-state index in [1.54, 1.807) is 9.47 Å². The van der Waals surface area contributed by atoms with Crippen LogP contribution in [0.15, 0.2) is 41.5 Å². The molecule has 11 nitrogen and oxygen atoms in total. The number of alkyl halides is 3. The first kappa shape index (κ1) is 36.2. The molecule has 2 amide bonds. The van der Waals surface area contributed by atoms with Gasteiger partial charge in [-0.2, -0.15) is 13.2 Å². The van der Waals surface area contributed by atoms with Gasteiger partial charge in [-0.3, -0.25) is 23.6 Å². The van der Waals surface area contributed by atoms with Crippen LogP contribution in [0.2, 0.25) is 5.15 Å². The molecule has 3 atom stereocenters. The molecular weight excluding hydrogens is 679 g/mol. The summed E-state index contributed by atoms with van der Waals surface area (Å²) in [5.74, 6) is -2.20. The van der Waals surface area contributed by atoms with E-state index in [0.29, 0.717) is 17.9 Å². The summed E-state index contributed by atoms with van der Waals surface area (Å²) in [6.07, 6.45) is -3.56. The predicted molar refractivity (Wildman–Crippen MR) is 179 cm³/mol. The maximum Gasteiger partial charge on any atom is 0.410 e. The Morgan fingerprint density at radius 2 is 1.74 bits per heavy atom. The number of halogens is 4. The third-order valence-corrected chi connectivity index (χ3v) is 10.3. The van der Waals surface area contributed by atoms with E-state index in [-0.39, 0.29) is 56.0 Å². The van der Waals surface area contributed by atoms with Crippen LogP contribution in [0.3, 0.4) is 0 Å². The largest absolute Gasteiger partial charge is 0.444 e. The van der Waals surface area contributed by atoms with Gasteiger partial charge in [0.1, 0.15) is 17.1 Å². The molecule has 0 unspecified atom stereocenters. The molecule has 2 aliphatic heterocycles. The molecule has 0 spiro atoms. The maximum atomic E-state index is 13.6. The third-order valence-electron chi connectivity index (χ3n) is 10.0. The minimum Gasteiger partial charge on any atom is -0.444 e. The summed E-state index contributed by atoms with van der Waals surface area (Å²) in [6, 6.07) is 8.48. The molecular formula is C35H43ClF3N5O6. The number of carbonyl (C=O) groups excluding carboxylic acids is 2. The molecule has 6 rings (SSSR count). The van der Waals surface area contributed by atoms with Crippen LogP contribution in [-0.4, -0.2) is 90.2 Å². The standard InChI is InChI=1S/C35H43ClF3N5O6/c1-31(2,3)50-30(47)43-18-32(4,5)49-17-24(43)21-7-9-22(10-8-21)44-26(36)15-23-27(44)40-20-42(28(23)45)19-34(48)11-13-41(14-12-34)29(46)33(6)16-25(33)35(37,38)39/h7-10,15,20,24-25,48H,11-14,16-19H2,1-6H3/t24-,25+,33+/m1/s1. The normalized spacial score (nSPS) is 25.1. The molecule has 15 heteroatoms. The molecule has 1 aliphatic carbocycles. The van der Waals surface area contributed by atoms with Crippen LogP contribution >= 0.6 is 11.6 Å². The quantitative estimate of drug-likeness (QED) is 0.350. The number of morpholine rings is 1. The van der Waals surface area contributed by atoms with Crippen molar-refractivity contribution in [3.8, 4) is 5.69 Å². The van der Waals surface area contributed by atoms with Gasteiger partial charge in [-0.05, 0) is 77.6 Å². The van der Waals surface area contributed by atoms with Gasteiger partial charge in [-0.25, -0.2) is 9.78 Å².